The van der Waals surface area contributed by atoms with Gasteiger partial charge in [-0.25, -0.2) is 4.39 Å². The van der Waals surface area contributed by atoms with E-state index in [9.17, 15) is 9.18 Å². The molecule has 0 saturated carbocycles. The number of benzene rings is 2. The van der Waals surface area contributed by atoms with Gasteiger partial charge in [-0.3, -0.25) is 9.78 Å². The fraction of sp³-hybridized carbons (Fsp3) is 0. The van der Waals surface area contributed by atoms with E-state index in [2.05, 4.69) is 4.98 Å². The van der Waals surface area contributed by atoms with Crippen LogP contribution < -0.4 is 4.74 Å². The van der Waals surface area contributed by atoms with Gasteiger partial charge in [0, 0.05) is 17.6 Å². The average molecular weight is 267 g/mol. The number of rotatable bonds is 3. The van der Waals surface area contributed by atoms with Crippen molar-refractivity contribution >= 4 is 17.2 Å². The molecule has 3 aromatic rings. The van der Waals surface area contributed by atoms with E-state index in [1.54, 1.807) is 18.3 Å². The molecule has 0 fully saturated rings. The van der Waals surface area contributed by atoms with Gasteiger partial charge in [0.15, 0.2) is 17.9 Å². The zero-order chi connectivity index (χ0) is 13.9. The Morgan fingerprint density at radius 3 is 2.85 bits per heavy atom. The largest absolute Gasteiger partial charge is 0.453 e. The molecule has 1 heterocycles. The first-order valence-corrected chi connectivity index (χ1v) is 6.04. The van der Waals surface area contributed by atoms with Crippen LogP contribution in [0.5, 0.6) is 11.5 Å². The number of para-hydroxylation sites is 1. The number of ether oxygens (including phenoxy) is 1. The predicted molar refractivity (Wildman–Crippen MR) is 73.6 cm³/mol. The third kappa shape index (κ3) is 2.23. The normalized spacial score (nSPS) is 10.4. The fourth-order valence-electron chi connectivity index (χ4n) is 1.95. The molecule has 0 N–H and O–H groups in total. The van der Waals surface area contributed by atoms with Crippen LogP contribution >= 0.6 is 0 Å². The van der Waals surface area contributed by atoms with Crippen molar-refractivity contribution in [1.29, 1.82) is 0 Å². The van der Waals surface area contributed by atoms with Crippen LogP contribution in [0.15, 0.2) is 54.7 Å². The van der Waals surface area contributed by atoms with Gasteiger partial charge in [0.2, 0.25) is 0 Å². The molecule has 0 radical (unpaired) electrons. The molecule has 0 saturated heterocycles. The Kier molecular flexibility index (Phi) is 3.13. The molecule has 0 atom stereocenters. The highest BCUT2D eigenvalue weighted by Crippen LogP contribution is 2.29. The van der Waals surface area contributed by atoms with E-state index < -0.39 is 5.82 Å². The third-order valence-corrected chi connectivity index (χ3v) is 2.92. The Bertz CT molecular complexity index is 786. The maximum atomic E-state index is 13.7. The minimum atomic E-state index is -0.573. The minimum absolute atomic E-state index is 0.0715. The summed E-state index contributed by atoms with van der Waals surface area (Å²) < 4.78 is 19.2. The summed E-state index contributed by atoms with van der Waals surface area (Å²) in [5.74, 6) is -0.210. The molecule has 0 spiro atoms. The van der Waals surface area contributed by atoms with E-state index in [-0.39, 0.29) is 11.3 Å². The van der Waals surface area contributed by atoms with E-state index in [1.807, 2.05) is 18.2 Å². The monoisotopic (exact) mass is 267 g/mol. The summed E-state index contributed by atoms with van der Waals surface area (Å²) in [7, 11) is 0. The molecule has 0 unspecified atom stereocenters. The number of nitrogens with zero attached hydrogens (tertiary/aromatic N) is 1. The number of halogens is 1. The lowest BCUT2D eigenvalue weighted by Gasteiger charge is -2.09. The van der Waals surface area contributed by atoms with E-state index >= 15 is 0 Å². The number of hydrogen-bond acceptors (Lipinski definition) is 3. The van der Waals surface area contributed by atoms with Crippen LogP contribution in [0, 0.1) is 5.82 Å². The quantitative estimate of drug-likeness (QED) is 0.674. The first kappa shape index (κ1) is 12.3. The minimum Gasteiger partial charge on any atom is -0.453 e. The highest BCUT2D eigenvalue weighted by Gasteiger charge is 2.10. The van der Waals surface area contributed by atoms with Gasteiger partial charge in [-0.15, -0.1) is 0 Å². The molecule has 98 valence electrons. The van der Waals surface area contributed by atoms with Crippen molar-refractivity contribution in [3.63, 3.8) is 0 Å². The Balaban J connectivity index is 2.03. The molecule has 20 heavy (non-hydrogen) atoms. The number of carbonyl (C=O) groups excluding carboxylic acids is 1. The number of hydrogen-bond donors (Lipinski definition) is 0. The molecule has 2 aromatic carbocycles. The molecule has 4 heteroatoms. The lowest BCUT2D eigenvalue weighted by molar-refractivity contribution is 0.112. The molecule has 0 aliphatic rings. The predicted octanol–water partition coefficient (Wildman–Crippen LogP) is 3.98. The first-order valence-electron chi connectivity index (χ1n) is 6.04. The summed E-state index contributed by atoms with van der Waals surface area (Å²) in [4.78, 5) is 15.1. The topological polar surface area (TPSA) is 39.2 Å². The van der Waals surface area contributed by atoms with Gasteiger partial charge in [-0.1, -0.05) is 12.1 Å². The Labute approximate surface area is 114 Å². The second kappa shape index (κ2) is 5.09. The molecular formula is C16H10FNO2. The van der Waals surface area contributed by atoms with Crippen LogP contribution in [0.25, 0.3) is 10.9 Å². The van der Waals surface area contributed by atoms with Gasteiger partial charge in [0.05, 0.1) is 11.1 Å². The number of carbonyl (C=O) groups is 1. The van der Waals surface area contributed by atoms with Gasteiger partial charge in [-0.05, 0) is 30.3 Å². The highest BCUT2D eigenvalue weighted by atomic mass is 19.1. The molecule has 0 aliphatic carbocycles. The zero-order valence-corrected chi connectivity index (χ0v) is 10.4. The first-order chi connectivity index (χ1) is 9.78. The van der Waals surface area contributed by atoms with Gasteiger partial charge < -0.3 is 4.74 Å². The molecule has 3 rings (SSSR count). The Morgan fingerprint density at radius 1 is 1.10 bits per heavy atom. The van der Waals surface area contributed by atoms with Crippen LogP contribution in [0.2, 0.25) is 0 Å². The van der Waals surface area contributed by atoms with Crippen LogP contribution in [0.1, 0.15) is 10.4 Å². The Morgan fingerprint density at radius 2 is 2.00 bits per heavy atom. The molecule has 1 aromatic heterocycles. The van der Waals surface area contributed by atoms with E-state index in [4.69, 9.17) is 4.74 Å². The smallest absolute Gasteiger partial charge is 0.173 e. The Hall–Kier alpha value is -2.75. The van der Waals surface area contributed by atoms with Crippen LogP contribution in [-0.4, -0.2) is 11.3 Å². The zero-order valence-electron chi connectivity index (χ0n) is 10.4. The summed E-state index contributed by atoms with van der Waals surface area (Å²) in [6.07, 6.45) is 2.24. The SMILES string of the molecule is O=Cc1cccc(F)c1Oc1ccc2cccnc2c1. The van der Waals surface area contributed by atoms with Crippen LogP contribution in [0.3, 0.4) is 0 Å². The number of aldehydes is 1. The van der Waals surface area contributed by atoms with E-state index in [0.29, 0.717) is 12.0 Å². The molecule has 0 aliphatic heterocycles. The summed E-state index contributed by atoms with van der Waals surface area (Å²) >= 11 is 0. The number of aromatic nitrogens is 1. The van der Waals surface area contributed by atoms with E-state index in [1.165, 1.54) is 18.2 Å². The highest BCUT2D eigenvalue weighted by molar-refractivity contribution is 5.81. The van der Waals surface area contributed by atoms with Gasteiger partial charge in [0.1, 0.15) is 5.75 Å². The molecule has 3 nitrogen and oxygen atoms in total. The maximum Gasteiger partial charge on any atom is 0.173 e. The molecular weight excluding hydrogens is 257 g/mol. The maximum absolute atomic E-state index is 13.7. The summed E-state index contributed by atoms with van der Waals surface area (Å²) in [5, 5.41) is 0.962. The van der Waals surface area contributed by atoms with Crippen molar-refractivity contribution < 1.29 is 13.9 Å². The van der Waals surface area contributed by atoms with Crippen molar-refractivity contribution in [1.82, 2.24) is 4.98 Å². The summed E-state index contributed by atoms with van der Waals surface area (Å²) in [6, 6.07) is 13.2. The van der Waals surface area contributed by atoms with Crippen molar-refractivity contribution in [3.05, 3.63) is 66.1 Å². The van der Waals surface area contributed by atoms with E-state index in [0.717, 1.165) is 10.9 Å². The van der Waals surface area contributed by atoms with Gasteiger partial charge in [-0.2, -0.15) is 0 Å². The molecule has 0 amide bonds. The second-order valence-electron chi connectivity index (χ2n) is 4.24. The number of pyridine rings is 1. The standard InChI is InChI=1S/C16H10FNO2/c17-14-5-1-3-12(10-19)16(14)20-13-7-6-11-4-2-8-18-15(11)9-13/h1-10H. The van der Waals surface area contributed by atoms with Crippen molar-refractivity contribution in [3.8, 4) is 11.5 Å². The second-order valence-corrected chi connectivity index (χ2v) is 4.24. The van der Waals surface area contributed by atoms with Crippen molar-refractivity contribution in [2.45, 2.75) is 0 Å². The van der Waals surface area contributed by atoms with Crippen LogP contribution in [-0.2, 0) is 0 Å². The number of fused-ring (bicyclic) bond motifs is 1. The molecule has 0 bridgehead atoms. The van der Waals surface area contributed by atoms with Crippen LogP contribution in [0.4, 0.5) is 4.39 Å². The van der Waals surface area contributed by atoms with Gasteiger partial charge >= 0.3 is 0 Å². The third-order valence-electron chi connectivity index (χ3n) is 2.92. The summed E-state index contributed by atoms with van der Waals surface area (Å²) in [6.45, 7) is 0. The average Bonchev–Trinajstić information content (AvgIpc) is 2.49. The van der Waals surface area contributed by atoms with Crippen molar-refractivity contribution in [2.24, 2.45) is 0 Å². The van der Waals surface area contributed by atoms with Crippen molar-refractivity contribution in [2.75, 3.05) is 0 Å². The lowest BCUT2D eigenvalue weighted by Crippen LogP contribution is -1.94. The fourth-order valence-corrected chi connectivity index (χ4v) is 1.95. The summed E-state index contributed by atoms with van der Waals surface area (Å²) in [5.41, 5.74) is 0.917. The van der Waals surface area contributed by atoms with Gasteiger partial charge in [0.25, 0.3) is 0 Å². The lowest BCUT2D eigenvalue weighted by atomic mass is 10.2.